The highest BCUT2D eigenvalue weighted by molar-refractivity contribution is 5.87. The first-order valence-electron chi connectivity index (χ1n) is 5.64. The van der Waals surface area contributed by atoms with Crippen LogP contribution in [0.3, 0.4) is 0 Å². The molecule has 0 heterocycles. The average Bonchev–Trinajstić information content (AvgIpc) is 2.35. The monoisotopic (exact) mass is 210 g/mol. The van der Waals surface area contributed by atoms with E-state index < -0.39 is 0 Å². The first-order chi connectivity index (χ1) is 7.86. The van der Waals surface area contributed by atoms with Gasteiger partial charge in [-0.25, -0.2) is 0 Å². The Morgan fingerprint density at radius 2 is 2.00 bits per heavy atom. The number of hydrogen-bond acceptors (Lipinski definition) is 1. The second-order valence-corrected chi connectivity index (χ2v) is 4.21. The van der Waals surface area contributed by atoms with Gasteiger partial charge in [0.1, 0.15) is 5.75 Å². The van der Waals surface area contributed by atoms with Crippen LogP contribution in [0.2, 0.25) is 0 Å². The van der Waals surface area contributed by atoms with Crippen LogP contribution in [-0.4, -0.2) is 7.11 Å². The molecule has 2 aromatic carbocycles. The molecule has 0 saturated carbocycles. The van der Waals surface area contributed by atoms with E-state index in [-0.39, 0.29) is 0 Å². The maximum atomic E-state index is 5.25. The molecular formula is C15H14O. The molecule has 0 saturated heterocycles. The standard InChI is InChI=1S/C15H14O/c1-16-15-7-6-13-8-11-4-2-3-5-12(11)9-14(13)10-15/h2,4,6-10H,3,5H2,1H3. The van der Waals surface area contributed by atoms with Crippen molar-refractivity contribution >= 4 is 16.8 Å². The van der Waals surface area contributed by atoms with E-state index in [4.69, 9.17) is 4.74 Å². The number of fused-ring (bicyclic) bond motifs is 2. The van der Waals surface area contributed by atoms with Crippen molar-refractivity contribution in [2.75, 3.05) is 7.11 Å². The van der Waals surface area contributed by atoms with E-state index in [0.29, 0.717) is 0 Å². The van der Waals surface area contributed by atoms with Crippen molar-refractivity contribution in [2.24, 2.45) is 0 Å². The van der Waals surface area contributed by atoms with Gasteiger partial charge in [-0.05, 0) is 52.9 Å². The van der Waals surface area contributed by atoms with E-state index >= 15 is 0 Å². The van der Waals surface area contributed by atoms with Crippen LogP contribution in [0.1, 0.15) is 17.5 Å². The van der Waals surface area contributed by atoms with Crippen LogP contribution < -0.4 is 4.74 Å². The fourth-order valence-corrected chi connectivity index (χ4v) is 2.29. The summed E-state index contributed by atoms with van der Waals surface area (Å²) in [5.74, 6) is 0.929. The summed E-state index contributed by atoms with van der Waals surface area (Å²) < 4.78 is 5.25. The van der Waals surface area contributed by atoms with E-state index in [0.717, 1.165) is 18.6 Å². The Hall–Kier alpha value is -1.76. The number of methoxy groups -OCH3 is 1. The molecule has 0 fully saturated rings. The predicted molar refractivity (Wildman–Crippen MR) is 67.9 cm³/mol. The quantitative estimate of drug-likeness (QED) is 0.695. The Morgan fingerprint density at radius 1 is 1.06 bits per heavy atom. The third kappa shape index (κ3) is 1.49. The van der Waals surface area contributed by atoms with E-state index in [9.17, 15) is 0 Å². The smallest absolute Gasteiger partial charge is 0.119 e. The maximum absolute atomic E-state index is 5.25. The van der Waals surface area contributed by atoms with Gasteiger partial charge in [-0.1, -0.05) is 24.3 Å². The van der Waals surface area contributed by atoms with Gasteiger partial charge in [0.05, 0.1) is 7.11 Å². The van der Waals surface area contributed by atoms with Crippen LogP contribution in [0.5, 0.6) is 5.75 Å². The van der Waals surface area contributed by atoms with Crippen molar-refractivity contribution in [3.05, 3.63) is 47.5 Å². The molecule has 0 aliphatic heterocycles. The molecule has 0 aromatic heterocycles. The summed E-state index contributed by atoms with van der Waals surface area (Å²) in [7, 11) is 1.71. The molecule has 0 atom stereocenters. The van der Waals surface area contributed by atoms with Crippen LogP contribution in [-0.2, 0) is 6.42 Å². The third-order valence-corrected chi connectivity index (χ3v) is 3.18. The highest BCUT2D eigenvalue weighted by Crippen LogP contribution is 2.27. The molecule has 0 N–H and O–H groups in total. The van der Waals surface area contributed by atoms with Crippen LogP contribution >= 0.6 is 0 Å². The van der Waals surface area contributed by atoms with Crippen molar-refractivity contribution in [3.8, 4) is 5.75 Å². The lowest BCUT2D eigenvalue weighted by molar-refractivity contribution is 0.415. The predicted octanol–water partition coefficient (Wildman–Crippen LogP) is 3.81. The third-order valence-electron chi connectivity index (χ3n) is 3.18. The number of rotatable bonds is 1. The van der Waals surface area contributed by atoms with Gasteiger partial charge in [-0.3, -0.25) is 0 Å². The molecule has 1 heteroatoms. The van der Waals surface area contributed by atoms with E-state index in [2.05, 4.69) is 36.4 Å². The molecular weight excluding hydrogens is 196 g/mol. The van der Waals surface area contributed by atoms with Crippen LogP contribution in [0.4, 0.5) is 0 Å². The summed E-state index contributed by atoms with van der Waals surface area (Å²) in [6.45, 7) is 0. The summed E-state index contributed by atoms with van der Waals surface area (Å²) >= 11 is 0. The molecule has 1 aliphatic rings. The summed E-state index contributed by atoms with van der Waals surface area (Å²) in [6.07, 6.45) is 6.78. The van der Waals surface area contributed by atoms with Gasteiger partial charge in [0, 0.05) is 0 Å². The fraction of sp³-hybridized carbons (Fsp3) is 0.200. The molecule has 0 bridgehead atoms. The minimum atomic E-state index is 0.929. The molecule has 2 aromatic rings. The SMILES string of the molecule is COc1ccc2cc3c(cc2c1)CCC=C3. The summed E-state index contributed by atoms with van der Waals surface area (Å²) in [4.78, 5) is 0. The first-order valence-corrected chi connectivity index (χ1v) is 5.64. The Bertz CT molecular complexity index is 567. The Kier molecular flexibility index (Phi) is 2.17. The number of aryl methyl sites for hydroxylation is 1. The number of hydrogen-bond donors (Lipinski definition) is 0. The average molecular weight is 210 g/mol. The molecule has 0 amide bonds. The van der Waals surface area contributed by atoms with Gasteiger partial charge in [0.25, 0.3) is 0 Å². The van der Waals surface area contributed by atoms with Crippen molar-refractivity contribution in [2.45, 2.75) is 12.8 Å². The highest BCUT2D eigenvalue weighted by Gasteiger charge is 2.06. The van der Waals surface area contributed by atoms with Crippen molar-refractivity contribution < 1.29 is 4.74 Å². The van der Waals surface area contributed by atoms with Gasteiger partial charge in [-0.15, -0.1) is 0 Å². The summed E-state index contributed by atoms with van der Waals surface area (Å²) in [5.41, 5.74) is 2.81. The van der Waals surface area contributed by atoms with Crippen LogP contribution in [0, 0.1) is 0 Å². The lowest BCUT2D eigenvalue weighted by atomic mass is 9.94. The second-order valence-electron chi connectivity index (χ2n) is 4.21. The van der Waals surface area contributed by atoms with Gasteiger partial charge < -0.3 is 4.74 Å². The van der Waals surface area contributed by atoms with E-state index in [1.165, 1.54) is 21.9 Å². The zero-order valence-electron chi connectivity index (χ0n) is 9.36. The maximum Gasteiger partial charge on any atom is 0.119 e. The second kappa shape index (κ2) is 3.67. The Labute approximate surface area is 95.4 Å². The Morgan fingerprint density at radius 3 is 2.88 bits per heavy atom. The minimum Gasteiger partial charge on any atom is -0.497 e. The summed E-state index contributed by atoms with van der Waals surface area (Å²) in [5, 5.41) is 2.56. The molecule has 1 nitrogen and oxygen atoms in total. The van der Waals surface area contributed by atoms with Gasteiger partial charge >= 0.3 is 0 Å². The molecule has 16 heavy (non-hydrogen) atoms. The van der Waals surface area contributed by atoms with Crippen molar-refractivity contribution in [1.29, 1.82) is 0 Å². The lowest BCUT2D eigenvalue weighted by Gasteiger charge is -2.12. The van der Waals surface area contributed by atoms with Gasteiger partial charge in [0.2, 0.25) is 0 Å². The fourth-order valence-electron chi connectivity index (χ4n) is 2.29. The molecule has 80 valence electrons. The number of ether oxygens (including phenoxy) is 1. The molecule has 0 spiro atoms. The van der Waals surface area contributed by atoms with E-state index in [1.807, 2.05) is 6.07 Å². The number of allylic oxidation sites excluding steroid dienone is 1. The number of benzene rings is 2. The van der Waals surface area contributed by atoms with Crippen LogP contribution in [0.15, 0.2) is 36.4 Å². The topological polar surface area (TPSA) is 9.23 Å². The molecule has 0 unspecified atom stereocenters. The van der Waals surface area contributed by atoms with Gasteiger partial charge in [-0.2, -0.15) is 0 Å². The zero-order chi connectivity index (χ0) is 11.0. The Balaban J connectivity index is 2.24. The van der Waals surface area contributed by atoms with E-state index in [1.54, 1.807) is 7.11 Å². The molecule has 1 aliphatic carbocycles. The minimum absolute atomic E-state index is 0.929. The highest BCUT2D eigenvalue weighted by atomic mass is 16.5. The van der Waals surface area contributed by atoms with Crippen molar-refractivity contribution in [3.63, 3.8) is 0 Å². The molecule has 0 radical (unpaired) electrons. The zero-order valence-corrected chi connectivity index (χ0v) is 9.36. The normalized spacial score (nSPS) is 13.8. The van der Waals surface area contributed by atoms with Crippen molar-refractivity contribution in [1.82, 2.24) is 0 Å². The first kappa shape index (κ1) is 9.46. The largest absolute Gasteiger partial charge is 0.497 e. The summed E-state index contributed by atoms with van der Waals surface area (Å²) in [6, 6.07) is 10.8. The van der Waals surface area contributed by atoms with Crippen LogP contribution in [0.25, 0.3) is 16.8 Å². The lowest BCUT2D eigenvalue weighted by Crippen LogP contribution is -1.94. The van der Waals surface area contributed by atoms with Gasteiger partial charge in [0.15, 0.2) is 0 Å². The molecule has 3 rings (SSSR count).